The molecule has 0 amide bonds. The van der Waals surface area contributed by atoms with E-state index in [1.807, 2.05) is 0 Å². The van der Waals surface area contributed by atoms with Crippen molar-refractivity contribution in [3.8, 4) is 0 Å². The third-order valence-electron chi connectivity index (χ3n) is 2.21. The quantitative estimate of drug-likeness (QED) is 0.469. The molecule has 1 saturated heterocycles. The van der Waals surface area contributed by atoms with Gasteiger partial charge in [-0.3, -0.25) is 9.78 Å². The van der Waals surface area contributed by atoms with Gasteiger partial charge in [0.2, 0.25) is 5.82 Å². The molecule has 0 saturated carbocycles. The molecule has 1 aliphatic heterocycles. The summed E-state index contributed by atoms with van der Waals surface area (Å²) in [5.41, 5.74) is -1.15. The van der Waals surface area contributed by atoms with Crippen LogP contribution < -0.4 is 21.9 Å². The van der Waals surface area contributed by atoms with Crippen molar-refractivity contribution in [3.05, 3.63) is 20.8 Å². The number of nitrogens with one attached hydrogen (secondary N) is 4. The summed E-state index contributed by atoms with van der Waals surface area (Å²) in [4.78, 5) is 24.0. The van der Waals surface area contributed by atoms with Gasteiger partial charge in [0.15, 0.2) is 0 Å². The van der Waals surface area contributed by atoms with E-state index in [-0.39, 0.29) is 11.9 Å². The Hall–Kier alpha value is -1.67. The molecule has 1 fully saturated rings. The van der Waals surface area contributed by atoms with E-state index in [9.17, 15) is 9.59 Å². The van der Waals surface area contributed by atoms with Crippen molar-refractivity contribution in [2.45, 2.75) is 6.10 Å². The van der Waals surface area contributed by atoms with E-state index < -0.39 is 11.2 Å². The maximum Gasteiger partial charge on any atom is 0.342 e. The molecule has 1 aliphatic rings. The number of aromatic amines is 2. The summed E-state index contributed by atoms with van der Waals surface area (Å²) in [6.07, 6.45) is 0.00174. The lowest BCUT2D eigenvalue weighted by atomic mass is 10.3. The first-order valence-electron chi connectivity index (χ1n) is 5.01. The lowest BCUT2D eigenvalue weighted by Crippen LogP contribution is -2.42. The van der Waals surface area contributed by atoms with Crippen LogP contribution in [0.15, 0.2) is 9.59 Å². The van der Waals surface area contributed by atoms with Gasteiger partial charge >= 0.3 is 5.69 Å². The Bertz CT molecular complexity index is 447. The zero-order valence-corrected chi connectivity index (χ0v) is 8.58. The van der Waals surface area contributed by atoms with E-state index in [4.69, 9.17) is 4.74 Å². The van der Waals surface area contributed by atoms with Gasteiger partial charge in [0.1, 0.15) is 0 Å². The van der Waals surface area contributed by atoms with Gasteiger partial charge in [-0.15, -0.1) is 5.10 Å². The molecule has 1 aromatic heterocycles. The maximum absolute atomic E-state index is 11.3. The molecule has 0 radical (unpaired) electrons. The molecule has 0 bridgehead atoms. The number of rotatable bonds is 3. The third kappa shape index (κ3) is 2.67. The average molecular weight is 227 g/mol. The van der Waals surface area contributed by atoms with Gasteiger partial charge < -0.3 is 15.4 Å². The van der Waals surface area contributed by atoms with E-state index >= 15 is 0 Å². The Morgan fingerprint density at radius 3 is 3.06 bits per heavy atom. The predicted octanol–water partition coefficient (Wildman–Crippen LogP) is -2.14. The molecule has 2 rings (SSSR count). The molecule has 1 unspecified atom stereocenters. The van der Waals surface area contributed by atoms with Crippen LogP contribution in [0, 0.1) is 0 Å². The van der Waals surface area contributed by atoms with Crippen LogP contribution in [0.1, 0.15) is 0 Å². The van der Waals surface area contributed by atoms with Crippen molar-refractivity contribution in [3.63, 3.8) is 0 Å². The molecule has 8 nitrogen and oxygen atoms in total. The lowest BCUT2D eigenvalue weighted by Gasteiger charge is -2.23. The van der Waals surface area contributed by atoms with E-state index in [1.165, 1.54) is 0 Å². The van der Waals surface area contributed by atoms with E-state index in [2.05, 4.69) is 25.8 Å². The van der Waals surface area contributed by atoms with Crippen LogP contribution in [0.25, 0.3) is 0 Å². The minimum absolute atomic E-state index is 0.00174. The highest BCUT2D eigenvalue weighted by Crippen LogP contribution is 1.96. The molecule has 2 heterocycles. The molecular formula is C8H13N5O3. The summed E-state index contributed by atoms with van der Waals surface area (Å²) in [6.45, 7) is 2.69. The predicted molar refractivity (Wildman–Crippen MR) is 56.6 cm³/mol. The van der Waals surface area contributed by atoms with Crippen molar-refractivity contribution in [1.29, 1.82) is 0 Å². The summed E-state index contributed by atoms with van der Waals surface area (Å²) in [5.74, 6) is 0.0915. The minimum Gasteiger partial charge on any atom is -0.374 e. The molecule has 4 N–H and O–H groups in total. The molecular weight excluding hydrogens is 214 g/mol. The highest BCUT2D eigenvalue weighted by Gasteiger charge is 2.13. The Morgan fingerprint density at radius 2 is 2.38 bits per heavy atom. The first-order valence-corrected chi connectivity index (χ1v) is 5.01. The van der Waals surface area contributed by atoms with Crippen LogP contribution >= 0.6 is 0 Å². The zero-order chi connectivity index (χ0) is 11.4. The molecule has 0 aliphatic carbocycles. The van der Waals surface area contributed by atoms with Gasteiger partial charge in [-0.25, -0.2) is 9.89 Å². The Morgan fingerprint density at radius 1 is 1.50 bits per heavy atom. The summed E-state index contributed by atoms with van der Waals surface area (Å²) in [5, 5.41) is 11.7. The number of hydrogen-bond acceptors (Lipinski definition) is 6. The highest BCUT2D eigenvalue weighted by atomic mass is 16.5. The maximum atomic E-state index is 11.3. The van der Waals surface area contributed by atoms with Gasteiger partial charge in [0, 0.05) is 19.6 Å². The molecule has 8 heteroatoms. The van der Waals surface area contributed by atoms with Crippen LogP contribution in [0.5, 0.6) is 0 Å². The first kappa shape index (κ1) is 10.8. The average Bonchev–Trinajstić information content (AvgIpc) is 2.29. The van der Waals surface area contributed by atoms with E-state index in [0.29, 0.717) is 13.2 Å². The van der Waals surface area contributed by atoms with Crippen LogP contribution in [0.2, 0.25) is 0 Å². The largest absolute Gasteiger partial charge is 0.374 e. The van der Waals surface area contributed by atoms with Gasteiger partial charge in [-0.1, -0.05) is 0 Å². The van der Waals surface area contributed by atoms with Crippen molar-refractivity contribution in [2.24, 2.45) is 0 Å². The van der Waals surface area contributed by atoms with Crippen molar-refractivity contribution < 1.29 is 4.74 Å². The highest BCUT2D eigenvalue weighted by molar-refractivity contribution is 5.28. The summed E-state index contributed by atoms with van der Waals surface area (Å²) in [7, 11) is 0. The van der Waals surface area contributed by atoms with Crippen LogP contribution in [-0.2, 0) is 4.74 Å². The standard InChI is InChI=1S/C8H13N5O3/c14-7-6(12-13-8(15)11-7)10-4-5-3-9-1-2-16-5/h5,9H,1-4H2,(H,10,12)(H2,11,13,14,15). The molecule has 1 aromatic rings. The van der Waals surface area contributed by atoms with Crippen LogP contribution in [0.4, 0.5) is 5.82 Å². The zero-order valence-electron chi connectivity index (χ0n) is 8.58. The van der Waals surface area contributed by atoms with Crippen molar-refractivity contribution in [1.82, 2.24) is 20.5 Å². The molecule has 0 spiro atoms. The summed E-state index contributed by atoms with van der Waals surface area (Å²) < 4.78 is 5.43. The van der Waals surface area contributed by atoms with Gasteiger partial charge in [0.25, 0.3) is 5.56 Å². The molecule has 0 aromatic carbocycles. The fourth-order valence-electron chi connectivity index (χ4n) is 1.43. The SMILES string of the molecule is O=c1[nH]nc(NCC2CNCCO2)c(=O)[nH]1. The number of H-pyrrole nitrogens is 2. The number of morpholine rings is 1. The fourth-order valence-corrected chi connectivity index (χ4v) is 1.43. The number of anilines is 1. The van der Waals surface area contributed by atoms with Gasteiger partial charge in [0.05, 0.1) is 12.7 Å². The monoisotopic (exact) mass is 227 g/mol. The Kier molecular flexibility index (Phi) is 3.32. The smallest absolute Gasteiger partial charge is 0.342 e. The van der Waals surface area contributed by atoms with Gasteiger partial charge in [-0.05, 0) is 0 Å². The lowest BCUT2D eigenvalue weighted by molar-refractivity contribution is 0.0371. The van der Waals surface area contributed by atoms with Crippen molar-refractivity contribution >= 4 is 5.82 Å². The second kappa shape index (κ2) is 4.90. The second-order valence-corrected chi connectivity index (χ2v) is 3.43. The van der Waals surface area contributed by atoms with Crippen molar-refractivity contribution in [2.75, 3.05) is 31.6 Å². The third-order valence-corrected chi connectivity index (χ3v) is 2.21. The van der Waals surface area contributed by atoms with E-state index in [1.54, 1.807) is 0 Å². The molecule has 1 atom stereocenters. The fraction of sp³-hybridized carbons (Fsp3) is 0.625. The summed E-state index contributed by atoms with van der Waals surface area (Å²) >= 11 is 0. The topological polar surface area (TPSA) is 112 Å². The minimum atomic E-state index is -0.619. The Labute approximate surface area is 90.4 Å². The molecule has 88 valence electrons. The molecule has 16 heavy (non-hydrogen) atoms. The number of hydrogen-bond donors (Lipinski definition) is 4. The number of aromatic nitrogens is 3. The second-order valence-electron chi connectivity index (χ2n) is 3.43. The van der Waals surface area contributed by atoms with Gasteiger partial charge in [-0.2, -0.15) is 0 Å². The van der Waals surface area contributed by atoms with Crippen LogP contribution in [-0.4, -0.2) is 47.5 Å². The normalized spacial score (nSPS) is 20.6. The van der Waals surface area contributed by atoms with Crippen LogP contribution in [0.3, 0.4) is 0 Å². The Balaban J connectivity index is 1.93. The first-order chi connectivity index (χ1) is 7.75. The number of nitrogens with zero attached hydrogens (tertiary/aromatic N) is 1. The van der Waals surface area contributed by atoms with E-state index in [0.717, 1.165) is 13.1 Å². The number of ether oxygens (including phenoxy) is 1. The summed E-state index contributed by atoms with van der Waals surface area (Å²) in [6, 6.07) is 0.